The Balaban J connectivity index is 1.67. The largest absolute Gasteiger partial charge is 0.339 e. The fourth-order valence-electron chi connectivity index (χ4n) is 3.68. The van der Waals surface area contributed by atoms with Gasteiger partial charge in [-0.25, -0.2) is 0 Å². The van der Waals surface area contributed by atoms with Crippen LogP contribution in [0.3, 0.4) is 0 Å². The van der Waals surface area contributed by atoms with Crippen LogP contribution < -0.4 is 5.32 Å². The number of hydrogen-bond acceptors (Lipinski definition) is 3. The average molecular weight is 334 g/mol. The lowest BCUT2D eigenvalue weighted by molar-refractivity contribution is 0.599. The predicted octanol–water partition coefficient (Wildman–Crippen LogP) is 3.50. The van der Waals surface area contributed by atoms with Crippen molar-refractivity contribution in [3.63, 3.8) is 0 Å². The lowest BCUT2D eigenvalue weighted by atomic mass is 10.0. The maximum atomic E-state index is 12.2. The summed E-state index contributed by atoms with van der Waals surface area (Å²) >= 11 is 0. The number of amidine groups is 1. The molecule has 0 aromatic heterocycles. The van der Waals surface area contributed by atoms with Gasteiger partial charge < -0.3 is 5.32 Å². The van der Waals surface area contributed by atoms with Crippen LogP contribution in [0.1, 0.15) is 16.7 Å². The molecule has 5 heteroatoms. The summed E-state index contributed by atoms with van der Waals surface area (Å²) in [6.45, 7) is 0. The molecule has 0 fully saturated rings. The van der Waals surface area contributed by atoms with Gasteiger partial charge in [0.15, 0.2) is 5.84 Å². The van der Waals surface area contributed by atoms with Crippen molar-refractivity contribution in [1.82, 2.24) is 0 Å². The van der Waals surface area contributed by atoms with Gasteiger partial charge in [-0.3, -0.25) is 0 Å². The quantitative estimate of drug-likeness (QED) is 0.741. The summed E-state index contributed by atoms with van der Waals surface area (Å²) in [5.74, 6) is 0.393. The first-order valence-corrected chi connectivity index (χ1v) is 9.32. The third kappa shape index (κ3) is 1.85. The van der Waals surface area contributed by atoms with Crippen LogP contribution in [0.5, 0.6) is 0 Å². The van der Waals surface area contributed by atoms with E-state index in [0.29, 0.717) is 11.4 Å². The van der Waals surface area contributed by atoms with Crippen LogP contribution in [-0.4, -0.2) is 14.3 Å². The van der Waals surface area contributed by atoms with Gasteiger partial charge >= 0.3 is 0 Å². The summed E-state index contributed by atoms with van der Waals surface area (Å²) < 4.78 is 28.3. The zero-order valence-corrected chi connectivity index (χ0v) is 13.6. The molecule has 1 aliphatic carbocycles. The Morgan fingerprint density at radius 1 is 0.875 bits per heavy atom. The lowest BCUT2D eigenvalue weighted by Crippen LogP contribution is -2.11. The number of anilines is 1. The van der Waals surface area contributed by atoms with Crippen LogP contribution in [0.15, 0.2) is 63.9 Å². The summed E-state index contributed by atoms with van der Waals surface area (Å²) in [5, 5.41) is 5.66. The molecule has 1 aliphatic heterocycles. The minimum Gasteiger partial charge on any atom is -0.339 e. The fraction of sp³-hybridized carbons (Fsp3) is 0.105. The Kier molecular flexibility index (Phi) is 2.68. The molecule has 24 heavy (non-hydrogen) atoms. The molecule has 0 saturated heterocycles. The van der Waals surface area contributed by atoms with Gasteiger partial charge in [0.25, 0.3) is 10.0 Å². The van der Waals surface area contributed by atoms with Gasteiger partial charge in [0.1, 0.15) is 4.90 Å². The predicted molar refractivity (Wildman–Crippen MR) is 95.1 cm³/mol. The fourth-order valence-corrected chi connectivity index (χ4v) is 4.86. The van der Waals surface area contributed by atoms with Crippen LogP contribution >= 0.6 is 0 Å². The second-order valence-electron chi connectivity index (χ2n) is 6.15. The van der Waals surface area contributed by atoms with E-state index in [0.717, 1.165) is 23.9 Å². The summed E-state index contributed by atoms with van der Waals surface area (Å²) in [5.41, 5.74) is 4.23. The van der Waals surface area contributed by atoms with Crippen molar-refractivity contribution in [2.24, 2.45) is 4.40 Å². The number of hydrogen-bond donors (Lipinski definition) is 1. The average Bonchev–Trinajstić information content (AvgIpc) is 3.11. The zero-order valence-electron chi connectivity index (χ0n) is 12.8. The molecule has 3 aromatic carbocycles. The first kappa shape index (κ1) is 13.7. The van der Waals surface area contributed by atoms with Crippen molar-refractivity contribution >= 4 is 32.3 Å². The number of fused-ring (bicyclic) bond motifs is 1. The molecule has 4 nitrogen and oxygen atoms in total. The van der Waals surface area contributed by atoms with Gasteiger partial charge in [-0.05, 0) is 47.6 Å². The Morgan fingerprint density at radius 2 is 1.67 bits per heavy atom. The second kappa shape index (κ2) is 4.68. The van der Waals surface area contributed by atoms with Crippen molar-refractivity contribution in [1.29, 1.82) is 0 Å². The smallest absolute Gasteiger partial charge is 0.285 e. The Labute approximate surface area is 139 Å². The molecule has 0 bridgehead atoms. The summed E-state index contributed by atoms with van der Waals surface area (Å²) in [4.78, 5) is 0.262. The third-order valence-electron chi connectivity index (χ3n) is 4.76. The highest BCUT2D eigenvalue weighted by Gasteiger charge is 2.28. The molecule has 0 radical (unpaired) electrons. The van der Waals surface area contributed by atoms with Gasteiger partial charge in [0.05, 0.1) is 0 Å². The standard InChI is InChI=1S/C19H14N2O2S/c22-24(23)17-7-2-1-5-15(17)19(21-24)20-16-11-10-13-9-8-12-4-3-6-14(16)18(12)13/h1-7,10-11H,8-9H2,(H,20,21). The highest BCUT2D eigenvalue weighted by molar-refractivity contribution is 7.90. The summed E-state index contributed by atoms with van der Waals surface area (Å²) in [7, 11) is -3.61. The van der Waals surface area contributed by atoms with E-state index in [4.69, 9.17) is 0 Å². The van der Waals surface area contributed by atoms with Crippen molar-refractivity contribution in [2.45, 2.75) is 17.7 Å². The lowest BCUT2D eigenvalue weighted by Gasteiger charge is -2.11. The van der Waals surface area contributed by atoms with Crippen molar-refractivity contribution in [2.75, 3.05) is 5.32 Å². The molecular weight excluding hydrogens is 320 g/mol. The molecule has 2 aliphatic rings. The van der Waals surface area contributed by atoms with Crippen LogP contribution in [-0.2, 0) is 22.9 Å². The Hall–Kier alpha value is -2.66. The number of benzene rings is 3. The first-order valence-electron chi connectivity index (χ1n) is 7.88. The molecule has 1 heterocycles. The Bertz CT molecular complexity index is 1140. The van der Waals surface area contributed by atoms with E-state index in [1.807, 2.05) is 12.1 Å². The van der Waals surface area contributed by atoms with E-state index in [-0.39, 0.29) is 4.90 Å². The molecule has 0 atom stereocenters. The number of nitrogens with zero attached hydrogens (tertiary/aromatic N) is 1. The third-order valence-corrected chi connectivity index (χ3v) is 6.10. The molecule has 3 aromatic rings. The van der Waals surface area contributed by atoms with E-state index in [2.05, 4.69) is 34.0 Å². The maximum absolute atomic E-state index is 12.2. The number of sulfonamides is 1. The SMILES string of the molecule is O=S1(=O)N=C(Nc2ccc3c4c(cccc24)CC3)c2ccccc21. The maximum Gasteiger partial charge on any atom is 0.285 e. The van der Waals surface area contributed by atoms with E-state index in [1.54, 1.807) is 18.2 Å². The number of aryl methyl sites for hydroxylation is 2. The molecule has 1 N–H and O–H groups in total. The topological polar surface area (TPSA) is 58.5 Å². The number of rotatable bonds is 1. The molecule has 0 saturated carbocycles. The minimum absolute atomic E-state index is 0.262. The van der Waals surface area contributed by atoms with Gasteiger partial charge in [-0.2, -0.15) is 8.42 Å². The Morgan fingerprint density at radius 3 is 2.54 bits per heavy atom. The first-order chi connectivity index (χ1) is 11.6. The van der Waals surface area contributed by atoms with Gasteiger partial charge in [0.2, 0.25) is 0 Å². The molecule has 5 rings (SSSR count). The van der Waals surface area contributed by atoms with Crippen LogP contribution in [0.2, 0.25) is 0 Å². The molecular formula is C19H14N2O2S. The second-order valence-corrected chi connectivity index (χ2v) is 7.72. The zero-order chi connectivity index (χ0) is 16.3. The van der Waals surface area contributed by atoms with Crippen molar-refractivity contribution in [3.8, 4) is 0 Å². The molecule has 118 valence electrons. The van der Waals surface area contributed by atoms with E-state index in [1.165, 1.54) is 16.5 Å². The number of nitrogens with one attached hydrogen (secondary N) is 1. The van der Waals surface area contributed by atoms with E-state index in [9.17, 15) is 8.42 Å². The van der Waals surface area contributed by atoms with Crippen LogP contribution in [0.4, 0.5) is 5.69 Å². The van der Waals surface area contributed by atoms with Crippen LogP contribution in [0.25, 0.3) is 10.8 Å². The van der Waals surface area contributed by atoms with E-state index < -0.39 is 10.0 Å². The van der Waals surface area contributed by atoms with Crippen molar-refractivity contribution in [3.05, 3.63) is 71.3 Å². The summed E-state index contributed by atoms with van der Waals surface area (Å²) in [6.07, 6.45) is 2.13. The van der Waals surface area contributed by atoms with Crippen molar-refractivity contribution < 1.29 is 8.42 Å². The molecule has 0 unspecified atom stereocenters. The summed E-state index contributed by atoms with van der Waals surface area (Å²) in [6, 6.07) is 17.3. The highest BCUT2D eigenvalue weighted by atomic mass is 32.2. The minimum atomic E-state index is -3.61. The van der Waals surface area contributed by atoms with Gasteiger partial charge in [0, 0.05) is 16.6 Å². The normalized spacial score (nSPS) is 16.9. The van der Waals surface area contributed by atoms with E-state index >= 15 is 0 Å². The highest BCUT2D eigenvalue weighted by Crippen LogP contribution is 2.36. The van der Waals surface area contributed by atoms with Crippen LogP contribution in [0, 0.1) is 0 Å². The monoisotopic (exact) mass is 334 g/mol. The molecule has 0 spiro atoms. The molecule has 0 amide bonds. The van der Waals surface area contributed by atoms with Gasteiger partial charge in [-0.15, -0.1) is 4.40 Å². The van der Waals surface area contributed by atoms with Gasteiger partial charge in [-0.1, -0.05) is 36.4 Å².